The summed E-state index contributed by atoms with van der Waals surface area (Å²) in [5, 5.41) is 2.98. The predicted molar refractivity (Wildman–Crippen MR) is 51.0 cm³/mol. The summed E-state index contributed by atoms with van der Waals surface area (Å²) < 4.78 is 0. The van der Waals surface area contributed by atoms with E-state index in [1.54, 1.807) is 0 Å². The Hall–Kier alpha value is -0.880. The first-order valence-corrected chi connectivity index (χ1v) is 5.11. The fourth-order valence-electron chi connectivity index (χ4n) is 0.598. The van der Waals surface area contributed by atoms with Crippen LogP contribution in [0.25, 0.3) is 0 Å². The minimum absolute atomic E-state index is 0.111. The maximum atomic E-state index is 10.8. The molecule has 7 heteroatoms. The van der Waals surface area contributed by atoms with Crippen LogP contribution < -0.4 is 5.32 Å². The number of aromatic nitrogens is 3. The van der Waals surface area contributed by atoms with E-state index in [0.29, 0.717) is 5.16 Å². The molecule has 70 valence electrons. The first kappa shape index (κ1) is 10.2. The zero-order valence-electron chi connectivity index (χ0n) is 6.82. The van der Waals surface area contributed by atoms with Gasteiger partial charge in [0.15, 0.2) is 5.16 Å². The Morgan fingerprint density at radius 1 is 1.69 bits per heavy atom. The van der Waals surface area contributed by atoms with Crippen LogP contribution in [0.5, 0.6) is 0 Å². The highest BCUT2D eigenvalue weighted by Crippen LogP contribution is 2.07. The molecule has 0 radical (unpaired) electrons. The van der Waals surface area contributed by atoms with Gasteiger partial charge >= 0.3 is 0 Å². The lowest BCUT2D eigenvalue weighted by molar-refractivity contribution is -0.114. The van der Waals surface area contributed by atoms with Crippen molar-refractivity contribution in [3.05, 3.63) is 6.33 Å². The molecule has 1 amide bonds. The van der Waals surface area contributed by atoms with Crippen molar-refractivity contribution in [3.63, 3.8) is 0 Å². The maximum absolute atomic E-state index is 10.8. The van der Waals surface area contributed by atoms with E-state index in [0.717, 1.165) is 0 Å². The number of nitrogens with one attached hydrogen (secondary N) is 1. The third-order valence-electron chi connectivity index (χ3n) is 1.10. The lowest BCUT2D eigenvalue weighted by Gasteiger charge is -2.00. The molecule has 0 aliphatic rings. The Labute approximate surface area is 84.3 Å². The van der Waals surface area contributed by atoms with E-state index < -0.39 is 0 Å². The van der Waals surface area contributed by atoms with Crippen molar-refractivity contribution in [1.29, 1.82) is 0 Å². The fraction of sp³-hybridized carbons (Fsp3) is 0.333. The van der Waals surface area contributed by atoms with E-state index in [2.05, 4.69) is 20.3 Å². The van der Waals surface area contributed by atoms with Gasteiger partial charge in [0, 0.05) is 0 Å². The highest BCUT2D eigenvalue weighted by atomic mass is 35.5. The van der Waals surface area contributed by atoms with E-state index in [9.17, 15) is 4.79 Å². The smallest absolute Gasteiger partial charge is 0.241 e. The maximum Gasteiger partial charge on any atom is 0.241 e. The highest BCUT2D eigenvalue weighted by molar-refractivity contribution is 7.98. The van der Waals surface area contributed by atoms with Crippen LogP contribution in [0.2, 0.25) is 0 Å². The summed E-state index contributed by atoms with van der Waals surface area (Å²) in [6.45, 7) is 0. The molecule has 1 aromatic heterocycles. The molecule has 0 saturated heterocycles. The zero-order valence-corrected chi connectivity index (χ0v) is 8.39. The molecular weight excluding hydrogens is 212 g/mol. The van der Waals surface area contributed by atoms with E-state index in [4.69, 9.17) is 11.6 Å². The molecule has 0 aliphatic carbocycles. The number of carbonyl (C=O) groups excluding carboxylic acids is 1. The average molecular weight is 219 g/mol. The lowest BCUT2D eigenvalue weighted by atomic mass is 10.7. The monoisotopic (exact) mass is 218 g/mol. The third-order valence-corrected chi connectivity index (χ3v) is 1.91. The van der Waals surface area contributed by atoms with Gasteiger partial charge in [-0.2, -0.15) is 4.98 Å². The Bertz CT molecular complexity index is 308. The van der Waals surface area contributed by atoms with E-state index >= 15 is 0 Å². The molecule has 0 atom stereocenters. The van der Waals surface area contributed by atoms with E-state index in [1.807, 2.05) is 6.26 Å². The number of halogens is 1. The number of thioether (sulfide) groups is 1. The summed E-state index contributed by atoms with van der Waals surface area (Å²) in [5.41, 5.74) is 0. The van der Waals surface area contributed by atoms with Crippen LogP contribution in [0.4, 0.5) is 5.95 Å². The molecule has 1 rings (SSSR count). The van der Waals surface area contributed by atoms with Crippen molar-refractivity contribution in [3.8, 4) is 0 Å². The minimum Gasteiger partial charge on any atom is -0.293 e. The van der Waals surface area contributed by atoms with Gasteiger partial charge in [-0.15, -0.1) is 11.6 Å². The van der Waals surface area contributed by atoms with Crippen LogP contribution in [0.3, 0.4) is 0 Å². The largest absolute Gasteiger partial charge is 0.293 e. The average Bonchev–Trinajstić information content (AvgIpc) is 2.18. The van der Waals surface area contributed by atoms with Crippen molar-refractivity contribution in [2.24, 2.45) is 0 Å². The van der Waals surface area contributed by atoms with Crippen molar-refractivity contribution < 1.29 is 4.79 Å². The molecule has 0 fully saturated rings. The number of alkyl halides is 1. The predicted octanol–water partition coefficient (Wildman–Crippen LogP) is 0.771. The van der Waals surface area contributed by atoms with Crippen LogP contribution in [-0.4, -0.2) is 33.0 Å². The van der Waals surface area contributed by atoms with Crippen molar-refractivity contribution in [2.45, 2.75) is 5.16 Å². The summed E-state index contributed by atoms with van der Waals surface area (Å²) in [6.07, 6.45) is 3.17. The number of nitrogens with zero attached hydrogens (tertiary/aromatic N) is 3. The van der Waals surface area contributed by atoms with Gasteiger partial charge < -0.3 is 0 Å². The van der Waals surface area contributed by atoms with Crippen LogP contribution in [0, 0.1) is 0 Å². The standard InChI is InChI=1S/C6H7ClN4OS/c1-13-6-9-3-8-5(11-6)10-4(12)2-7/h3H,2H2,1H3,(H,8,9,10,11,12). The van der Waals surface area contributed by atoms with Gasteiger partial charge in [0.05, 0.1) is 0 Å². The number of anilines is 1. The van der Waals surface area contributed by atoms with Crippen LogP contribution >= 0.6 is 23.4 Å². The second-order valence-corrected chi connectivity index (χ2v) is 3.02. The normalized spacial score (nSPS) is 9.69. The van der Waals surface area contributed by atoms with Gasteiger partial charge in [0.2, 0.25) is 11.9 Å². The Balaban J connectivity index is 2.71. The number of amides is 1. The molecule has 0 unspecified atom stereocenters. The molecule has 5 nitrogen and oxygen atoms in total. The molecule has 1 N–H and O–H groups in total. The third kappa shape index (κ3) is 3.16. The van der Waals surface area contributed by atoms with Gasteiger partial charge in [-0.3, -0.25) is 10.1 Å². The van der Waals surface area contributed by atoms with E-state index in [-0.39, 0.29) is 17.7 Å². The quantitative estimate of drug-likeness (QED) is 0.600. The lowest BCUT2D eigenvalue weighted by Crippen LogP contribution is -2.15. The van der Waals surface area contributed by atoms with Crippen LogP contribution in [-0.2, 0) is 4.79 Å². The summed E-state index contributed by atoms with van der Waals surface area (Å²) in [4.78, 5) is 22.4. The van der Waals surface area contributed by atoms with Crippen molar-refractivity contribution in [2.75, 3.05) is 17.5 Å². The Morgan fingerprint density at radius 3 is 3.08 bits per heavy atom. The summed E-state index contributed by atoms with van der Waals surface area (Å²) in [6, 6.07) is 0. The first-order chi connectivity index (χ1) is 6.26. The molecular formula is C6H7ClN4OS. The number of carbonyl (C=O) groups is 1. The highest BCUT2D eigenvalue weighted by Gasteiger charge is 2.03. The van der Waals surface area contributed by atoms with Crippen molar-refractivity contribution in [1.82, 2.24) is 15.0 Å². The van der Waals surface area contributed by atoms with Gasteiger partial charge in [-0.1, -0.05) is 11.8 Å². The molecule has 0 spiro atoms. The molecule has 0 saturated carbocycles. The minimum atomic E-state index is -0.333. The molecule has 1 aromatic rings. The van der Waals surface area contributed by atoms with Gasteiger partial charge in [0.1, 0.15) is 12.2 Å². The fourth-order valence-corrected chi connectivity index (χ4v) is 0.995. The SMILES string of the molecule is CSc1ncnc(NC(=O)CCl)n1. The van der Waals surface area contributed by atoms with E-state index in [1.165, 1.54) is 18.1 Å². The first-order valence-electron chi connectivity index (χ1n) is 3.35. The summed E-state index contributed by atoms with van der Waals surface area (Å²) >= 11 is 6.66. The number of hydrogen-bond donors (Lipinski definition) is 1. The van der Waals surface area contributed by atoms with Gasteiger partial charge in [0.25, 0.3) is 0 Å². The molecule has 0 bridgehead atoms. The number of hydrogen-bond acceptors (Lipinski definition) is 5. The van der Waals surface area contributed by atoms with Gasteiger partial charge in [-0.25, -0.2) is 9.97 Å². The van der Waals surface area contributed by atoms with Gasteiger partial charge in [-0.05, 0) is 6.26 Å². The summed E-state index contributed by atoms with van der Waals surface area (Å²) in [7, 11) is 0. The van der Waals surface area contributed by atoms with Crippen LogP contribution in [0.15, 0.2) is 11.5 Å². The topological polar surface area (TPSA) is 67.8 Å². The Morgan fingerprint density at radius 2 is 2.46 bits per heavy atom. The molecule has 0 aliphatic heterocycles. The second kappa shape index (κ2) is 4.98. The Kier molecular flexibility index (Phi) is 3.91. The van der Waals surface area contributed by atoms with Crippen LogP contribution in [0.1, 0.15) is 0 Å². The number of rotatable bonds is 3. The zero-order chi connectivity index (χ0) is 9.68. The molecule has 1 heterocycles. The van der Waals surface area contributed by atoms with Crippen molar-refractivity contribution >= 4 is 35.2 Å². The summed E-state index contributed by atoms with van der Waals surface area (Å²) in [5.74, 6) is -0.217. The molecule has 13 heavy (non-hydrogen) atoms. The molecule has 0 aromatic carbocycles. The second-order valence-electron chi connectivity index (χ2n) is 1.98.